The summed E-state index contributed by atoms with van der Waals surface area (Å²) in [5.74, 6) is 0.187. The number of rotatable bonds is 3. The molecule has 7 heteroatoms. The molecule has 0 aliphatic heterocycles. The van der Waals surface area contributed by atoms with Gasteiger partial charge in [-0.2, -0.15) is 0 Å². The van der Waals surface area contributed by atoms with Crippen LogP contribution in [0.3, 0.4) is 0 Å². The largest absolute Gasteiger partial charge is 0.478 e. The number of carbonyl (C=O) groups is 1. The fraction of sp³-hybridized carbons (Fsp3) is 0.333. The minimum Gasteiger partial charge on any atom is -0.478 e. The summed E-state index contributed by atoms with van der Waals surface area (Å²) >= 11 is 0. The number of hydrogen-bond acceptors (Lipinski definition) is 5. The van der Waals surface area contributed by atoms with E-state index in [4.69, 9.17) is 10.5 Å². The van der Waals surface area contributed by atoms with Crippen LogP contribution in [0.1, 0.15) is 0 Å². The Labute approximate surface area is 93.1 Å². The lowest BCUT2D eigenvalue weighted by Crippen LogP contribution is -2.18. The summed E-state index contributed by atoms with van der Waals surface area (Å²) in [4.78, 5) is 14.6. The van der Waals surface area contributed by atoms with E-state index in [0.29, 0.717) is 5.44 Å². The number of methoxy groups -OCH3 is 1. The summed E-state index contributed by atoms with van der Waals surface area (Å²) < 4.78 is 21.3. The van der Waals surface area contributed by atoms with Crippen molar-refractivity contribution < 1.29 is 18.8 Å². The molecule has 1 heterocycles. The van der Waals surface area contributed by atoms with Crippen LogP contribution >= 0.6 is 7.14 Å². The van der Waals surface area contributed by atoms with Crippen LogP contribution in [0.25, 0.3) is 0 Å². The minimum absolute atomic E-state index is 0.0835. The summed E-state index contributed by atoms with van der Waals surface area (Å²) in [6.45, 7) is 3.17. The van der Waals surface area contributed by atoms with Gasteiger partial charge in [-0.3, -0.25) is 0 Å². The predicted octanol–water partition coefficient (Wildman–Crippen LogP) is 0.796. The van der Waals surface area contributed by atoms with Crippen LogP contribution in [0, 0.1) is 0 Å². The van der Waals surface area contributed by atoms with E-state index >= 15 is 0 Å². The van der Waals surface area contributed by atoms with E-state index in [1.165, 1.54) is 19.2 Å². The summed E-state index contributed by atoms with van der Waals surface area (Å²) in [5, 5.41) is 0. The SMILES string of the molecule is COc1nc(P(C)(C)=O)ccc1OC(N)=O. The number of carbonyl (C=O) groups excluding carboxylic acids is 1. The average Bonchev–Trinajstić information content (AvgIpc) is 2.15. The number of primary amides is 1. The fourth-order valence-corrected chi connectivity index (χ4v) is 1.82. The maximum Gasteiger partial charge on any atom is 0.410 e. The van der Waals surface area contributed by atoms with Crippen LogP contribution in [0.15, 0.2) is 12.1 Å². The first-order valence-electron chi connectivity index (χ1n) is 4.42. The first-order valence-corrected chi connectivity index (χ1v) is 7.02. The number of nitrogens with two attached hydrogens (primary N) is 1. The Bertz CT molecular complexity index is 455. The molecular formula is C9H13N2O4P. The number of aromatic nitrogens is 1. The van der Waals surface area contributed by atoms with Crippen molar-refractivity contribution in [3.05, 3.63) is 12.1 Å². The summed E-state index contributed by atoms with van der Waals surface area (Å²) in [5.41, 5.74) is 5.28. The van der Waals surface area contributed by atoms with Crippen LogP contribution in [0.4, 0.5) is 4.79 Å². The molecule has 0 saturated carbocycles. The molecule has 0 bridgehead atoms. The van der Waals surface area contributed by atoms with Gasteiger partial charge >= 0.3 is 6.09 Å². The third kappa shape index (κ3) is 2.97. The molecule has 1 amide bonds. The second kappa shape index (κ2) is 4.53. The average molecular weight is 244 g/mol. The van der Waals surface area contributed by atoms with Gasteiger partial charge < -0.3 is 19.8 Å². The molecule has 6 nitrogen and oxygen atoms in total. The van der Waals surface area contributed by atoms with Gasteiger partial charge in [0.15, 0.2) is 5.75 Å². The summed E-state index contributed by atoms with van der Waals surface area (Å²) in [6.07, 6.45) is -0.955. The van der Waals surface area contributed by atoms with Crippen LogP contribution in [0.2, 0.25) is 0 Å². The van der Waals surface area contributed by atoms with Crippen molar-refractivity contribution in [3.8, 4) is 11.6 Å². The van der Waals surface area contributed by atoms with E-state index in [1.807, 2.05) is 0 Å². The Kier molecular flexibility index (Phi) is 3.55. The molecule has 2 N–H and O–H groups in total. The highest BCUT2D eigenvalue weighted by molar-refractivity contribution is 7.69. The van der Waals surface area contributed by atoms with Gasteiger partial charge in [0.2, 0.25) is 0 Å². The molecule has 1 aromatic rings. The highest BCUT2D eigenvalue weighted by Gasteiger charge is 2.17. The number of hydrogen-bond donors (Lipinski definition) is 1. The zero-order valence-corrected chi connectivity index (χ0v) is 10.2. The molecule has 0 unspecified atom stereocenters. The standard InChI is InChI=1S/C9H13N2O4P/c1-14-8-6(15-9(10)12)4-5-7(11-8)16(2,3)13/h4-5H,1-3H3,(H2,10,12). The van der Waals surface area contributed by atoms with Crippen molar-refractivity contribution >= 4 is 18.7 Å². The lowest BCUT2D eigenvalue weighted by atomic mass is 10.4. The van der Waals surface area contributed by atoms with Crippen LogP contribution in [0.5, 0.6) is 11.6 Å². The van der Waals surface area contributed by atoms with E-state index in [1.54, 1.807) is 13.3 Å². The van der Waals surface area contributed by atoms with Crippen molar-refractivity contribution in [1.82, 2.24) is 4.98 Å². The molecule has 0 fully saturated rings. The minimum atomic E-state index is -2.48. The van der Waals surface area contributed by atoms with Gasteiger partial charge in [-0.25, -0.2) is 9.78 Å². The highest BCUT2D eigenvalue weighted by atomic mass is 31.2. The van der Waals surface area contributed by atoms with Crippen molar-refractivity contribution in [3.63, 3.8) is 0 Å². The molecule has 0 radical (unpaired) electrons. The summed E-state index contributed by atoms with van der Waals surface area (Å²) in [7, 11) is -1.10. The normalized spacial score (nSPS) is 10.9. The van der Waals surface area contributed by atoms with Crippen molar-refractivity contribution in [2.75, 3.05) is 20.4 Å². The molecule has 16 heavy (non-hydrogen) atoms. The Morgan fingerprint density at radius 3 is 2.50 bits per heavy atom. The second-order valence-corrected chi connectivity index (χ2v) is 6.61. The number of nitrogens with zero attached hydrogens (tertiary/aromatic N) is 1. The fourth-order valence-electron chi connectivity index (χ4n) is 1.05. The van der Waals surface area contributed by atoms with E-state index < -0.39 is 13.2 Å². The van der Waals surface area contributed by atoms with Gasteiger partial charge in [-0.15, -0.1) is 0 Å². The Hall–Kier alpha value is -1.55. The van der Waals surface area contributed by atoms with Gasteiger partial charge in [0, 0.05) is 0 Å². The molecule has 0 aromatic carbocycles. The zero-order chi connectivity index (χ0) is 12.3. The third-order valence-electron chi connectivity index (χ3n) is 1.77. The number of pyridine rings is 1. The molecule has 1 aromatic heterocycles. The highest BCUT2D eigenvalue weighted by Crippen LogP contribution is 2.35. The second-order valence-electron chi connectivity index (χ2n) is 3.45. The molecule has 88 valence electrons. The molecular weight excluding hydrogens is 231 g/mol. The summed E-state index contributed by atoms with van der Waals surface area (Å²) in [6, 6.07) is 2.97. The monoisotopic (exact) mass is 244 g/mol. The molecule has 1 rings (SSSR count). The van der Waals surface area contributed by atoms with Crippen molar-refractivity contribution in [1.29, 1.82) is 0 Å². The smallest absolute Gasteiger partial charge is 0.410 e. The van der Waals surface area contributed by atoms with E-state index in [9.17, 15) is 9.36 Å². The number of amides is 1. The third-order valence-corrected chi connectivity index (χ3v) is 3.12. The Balaban J connectivity index is 3.17. The number of ether oxygens (including phenoxy) is 2. The molecule has 0 aliphatic carbocycles. The molecule has 0 aliphatic rings. The van der Waals surface area contributed by atoms with Crippen LogP contribution in [-0.2, 0) is 4.57 Å². The first-order chi connectivity index (χ1) is 7.34. The lowest BCUT2D eigenvalue weighted by molar-refractivity contribution is 0.208. The molecule has 0 atom stereocenters. The van der Waals surface area contributed by atoms with Crippen LogP contribution in [-0.4, -0.2) is 31.5 Å². The predicted molar refractivity (Wildman–Crippen MR) is 60.1 cm³/mol. The Morgan fingerprint density at radius 1 is 1.44 bits per heavy atom. The van der Waals surface area contributed by atoms with E-state index in [0.717, 1.165) is 0 Å². The zero-order valence-electron chi connectivity index (χ0n) is 9.26. The van der Waals surface area contributed by atoms with Gasteiger partial charge in [-0.1, -0.05) is 0 Å². The maximum atomic E-state index is 11.8. The van der Waals surface area contributed by atoms with Gasteiger partial charge in [-0.05, 0) is 25.5 Å². The Morgan fingerprint density at radius 2 is 2.06 bits per heavy atom. The van der Waals surface area contributed by atoms with E-state index in [2.05, 4.69) is 9.72 Å². The van der Waals surface area contributed by atoms with Gasteiger partial charge in [0.1, 0.15) is 12.6 Å². The van der Waals surface area contributed by atoms with Gasteiger partial charge in [0.05, 0.1) is 7.11 Å². The topological polar surface area (TPSA) is 91.5 Å². The molecule has 0 saturated heterocycles. The quantitative estimate of drug-likeness (QED) is 0.794. The first kappa shape index (κ1) is 12.5. The van der Waals surface area contributed by atoms with Gasteiger partial charge in [0.25, 0.3) is 5.88 Å². The van der Waals surface area contributed by atoms with Crippen LogP contribution < -0.4 is 20.6 Å². The lowest BCUT2D eigenvalue weighted by Gasteiger charge is -2.10. The maximum absolute atomic E-state index is 11.8. The van der Waals surface area contributed by atoms with E-state index in [-0.39, 0.29) is 11.6 Å². The van der Waals surface area contributed by atoms with Crippen molar-refractivity contribution in [2.24, 2.45) is 5.73 Å². The molecule has 0 spiro atoms. The van der Waals surface area contributed by atoms with Crippen molar-refractivity contribution in [2.45, 2.75) is 0 Å².